The van der Waals surface area contributed by atoms with Crippen molar-refractivity contribution in [1.82, 2.24) is 24.6 Å². The maximum atomic E-state index is 14.2. The van der Waals surface area contributed by atoms with Gasteiger partial charge >= 0.3 is 24.0 Å². The van der Waals surface area contributed by atoms with Crippen molar-refractivity contribution in [1.29, 1.82) is 0 Å². The molecule has 0 saturated carbocycles. The van der Waals surface area contributed by atoms with Crippen molar-refractivity contribution in [3.05, 3.63) is 64.3 Å². The van der Waals surface area contributed by atoms with Gasteiger partial charge in [-0.15, -0.1) is 5.10 Å². The second-order valence-corrected chi connectivity index (χ2v) is 11.2. The lowest BCUT2D eigenvalue weighted by atomic mass is 9.96. The molecule has 1 aliphatic heterocycles. The number of rotatable bonds is 10. The molecule has 0 spiro atoms. The minimum atomic E-state index is -5.51. The lowest BCUT2D eigenvalue weighted by Gasteiger charge is -2.32. The molecule has 17 heteroatoms. The molecule has 2 aromatic carbocycles. The summed E-state index contributed by atoms with van der Waals surface area (Å²) >= 11 is 0. The number of piperidine rings is 1. The van der Waals surface area contributed by atoms with Crippen LogP contribution in [0, 0.1) is 11.7 Å². The zero-order chi connectivity index (χ0) is 34.7. The number of hydrogen-bond acceptors (Lipinski definition) is 7. The van der Waals surface area contributed by atoms with Crippen molar-refractivity contribution < 1.29 is 49.8 Å². The fourth-order valence-electron chi connectivity index (χ4n) is 5.08. The molecule has 1 aromatic heterocycles. The van der Waals surface area contributed by atoms with Crippen LogP contribution in [0.3, 0.4) is 0 Å². The lowest BCUT2D eigenvalue weighted by Crippen LogP contribution is -2.44. The smallest absolute Gasteiger partial charge is 0.491 e. The predicted octanol–water partition coefficient (Wildman–Crippen LogP) is 4.79. The standard InChI is InChI=1S/C30H32F7N5O5/c1-17(2)38-25(43)26(47-27(44)30(35,36)37)41-24(19-6-9-22(31)23(16-19)46-3)39-42(28(41)45)21-7-4-18(5-8-21)10-13-40-14-11-20(12-15-40)29(32,33)34/h4-9,16-17,20,26H,10-15H2,1-3H3,(H,38,43). The van der Waals surface area contributed by atoms with Crippen LogP contribution in [0.15, 0.2) is 47.3 Å². The van der Waals surface area contributed by atoms with Crippen LogP contribution in [0.4, 0.5) is 30.7 Å². The molecule has 0 bridgehead atoms. The summed E-state index contributed by atoms with van der Waals surface area (Å²) < 4.78 is 104. The van der Waals surface area contributed by atoms with Gasteiger partial charge in [0, 0.05) is 18.2 Å². The Balaban J connectivity index is 1.69. The van der Waals surface area contributed by atoms with Gasteiger partial charge in [-0.2, -0.15) is 31.0 Å². The van der Waals surface area contributed by atoms with Gasteiger partial charge in [0.25, 0.3) is 12.1 Å². The Hall–Kier alpha value is -4.41. The highest BCUT2D eigenvalue weighted by Crippen LogP contribution is 2.34. The Bertz CT molecular complexity index is 1630. The number of alkyl halides is 6. The molecule has 10 nitrogen and oxygen atoms in total. The normalized spacial score (nSPS) is 15.5. The van der Waals surface area contributed by atoms with E-state index >= 15 is 0 Å². The Kier molecular flexibility index (Phi) is 10.7. The van der Waals surface area contributed by atoms with E-state index < -0.39 is 59.7 Å². The molecule has 2 heterocycles. The maximum absolute atomic E-state index is 14.2. The highest BCUT2D eigenvalue weighted by Gasteiger charge is 2.45. The summed E-state index contributed by atoms with van der Waals surface area (Å²) in [6.45, 7) is 4.08. The summed E-state index contributed by atoms with van der Waals surface area (Å²) in [6, 6.07) is 8.78. The number of nitrogens with zero attached hydrogens (tertiary/aromatic N) is 4. The van der Waals surface area contributed by atoms with E-state index in [0.29, 0.717) is 30.6 Å². The van der Waals surface area contributed by atoms with Crippen LogP contribution < -0.4 is 15.7 Å². The predicted molar refractivity (Wildman–Crippen MR) is 153 cm³/mol. The monoisotopic (exact) mass is 675 g/mol. The molecule has 1 aliphatic rings. The van der Waals surface area contributed by atoms with Crippen LogP contribution in [-0.2, 0) is 20.7 Å². The number of nitrogens with one attached hydrogen (secondary N) is 1. The Labute approximate surface area is 264 Å². The lowest BCUT2D eigenvalue weighted by molar-refractivity contribution is -0.209. The molecular formula is C30H32F7N5O5. The quantitative estimate of drug-likeness (QED) is 0.243. The SMILES string of the molecule is COc1cc(-c2nn(-c3ccc(CCN4CCC(C(F)(F)F)CC4)cc3)c(=O)n2C(OC(=O)C(F)(F)F)C(=O)NC(C)C)ccc1F. The first-order valence-corrected chi connectivity index (χ1v) is 14.5. The van der Waals surface area contributed by atoms with Crippen molar-refractivity contribution in [3.8, 4) is 22.8 Å². The molecule has 4 rings (SSSR count). The molecule has 1 saturated heterocycles. The first-order chi connectivity index (χ1) is 22.0. The molecule has 1 fully saturated rings. The van der Waals surface area contributed by atoms with E-state index in [4.69, 9.17) is 4.74 Å². The van der Waals surface area contributed by atoms with Crippen molar-refractivity contribution in [3.63, 3.8) is 0 Å². The molecule has 1 unspecified atom stereocenters. The van der Waals surface area contributed by atoms with Crippen molar-refractivity contribution in [2.45, 2.75) is 57.7 Å². The van der Waals surface area contributed by atoms with Crippen LogP contribution in [0.1, 0.15) is 38.5 Å². The van der Waals surface area contributed by atoms with Gasteiger partial charge < -0.3 is 19.7 Å². The number of ether oxygens (including phenoxy) is 2. The molecule has 0 aliphatic carbocycles. The number of methoxy groups -OCH3 is 1. The Morgan fingerprint density at radius 3 is 2.21 bits per heavy atom. The van der Waals surface area contributed by atoms with E-state index in [1.807, 2.05) is 4.90 Å². The second-order valence-electron chi connectivity index (χ2n) is 11.2. The van der Waals surface area contributed by atoms with E-state index in [1.165, 1.54) is 26.0 Å². The zero-order valence-electron chi connectivity index (χ0n) is 25.5. The van der Waals surface area contributed by atoms with Crippen LogP contribution in [0.2, 0.25) is 0 Å². The Morgan fingerprint density at radius 2 is 1.66 bits per heavy atom. The van der Waals surface area contributed by atoms with Crippen LogP contribution >= 0.6 is 0 Å². The average molecular weight is 676 g/mol. The van der Waals surface area contributed by atoms with E-state index in [2.05, 4.69) is 15.2 Å². The second kappa shape index (κ2) is 14.1. The van der Waals surface area contributed by atoms with Crippen molar-refractivity contribution in [2.24, 2.45) is 5.92 Å². The van der Waals surface area contributed by atoms with Gasteiger partial charge in [-0.05, 0) is 82.1 Å². The number of esters is 1. The number of hydrogen-bond donors (Lipinski definition) is 1. The third kappa shape index (κ3) is 8.50. The largest absolute Gasteiger partial charge is 0.494 e. The van der Waals surface area contributed by atoms with Crippen molar-refractivity contribution >= 4 is 11.9 Å². The summed E-state index contributed by atoms with van der Waals surface area (Å²) in [5, 5.41) is 6.54. The van der Waals surface area contributed by atoms with Crippen LogP contribution in [0.25, 0.3) is 17.1 Å². The summed E-state index contributed by atoms with van der Waals surface area (Å²) in [5.74, 6) is -6.87. The van der Waals surface area contributed by atoms with Gasteiger partial charge in [0.05, 0.1) is 18.7 Å². The van der Waals surface area contributed by atoms with Crippen molar-refractivity contribution in [2.75, 3.05) is 26.7 Å². The summed E-state index contributed by atoms with van der Waals surface area (Å²) in [4.78, 5) is 40.7. The number of amides is 1. The zero-order valence-corrected chi connectivity index (χ0v) is 25.5. The first kappa shape index (κ1) is 35.4. The molecule has 1 atom stereocenters. The molecule has 1 amide bonds. The summed E-state index contributed by atoms with van der Waals surface area (Å²) in [6.07, 6.45) is -11.7. The number of aromatic nitrogens is 3. The highest BCUT2D eigenvalue weighted by atomic mass is 19.4. The highest BCUT2D eigenvalue weighted by molar-refractivity contribution is 5.84. The molecule has 256 valence electrons. The van der Waals surface area contributed by atoms with Gasteiger partial charge in [-0.1, -0.05) is 12.1 Å². The van der Waals surface area contributed by atoms with E-state index in [-0.39, 0.29) is 29.8 Å². The molecule has 47 heavy (non-hydrogen) atoms. The number of carbonyl (C=O) groups excluding carboxylic acids is 2. The van der Waals surface area contributed by atoms with Gasteiger partial charge in [0.1, 0.15) is 0 Å². The third-order valence-electron chi connectivity index (χ3n) is 7.51. The van der Waals surface area contributed by atoms with Gasteiger partial charge in [0.2, 0.25) is 0 Å². The van der Waals surface area contributed by atoms with E-state index in [0.717, 1.165) is 35.6 Å². The molecule has 1 N–H and O–H groups in total. The number of benzene rings is 2. The topological polar surface area (TPSA) is 108 Å². The molecular weight excluding hydrogens is 643 g/mol. The maximum Gasteiger partial charge on any atom is 0.491 e. The van der Waals surface area contributed by atoms with Crippen LogP contribution in [0.5, 0.6) is 5.75 Å². The summed E-state index contributed by atoms with van der Waals surface area (Å²) in [7, 11) is 1.16. The van der Waals surface area contributed by atoms with E-state index in [1.54, 1.807) is 12.1 Å². The molecule has 0 radical (unpaired) electrons. The minimum absolute atomic E-state index is 0.0186. The average Bonchev–Trinajstić information content (AvgIpc) is 3.34. The van der Waals surface area contributed by atoms with Gasteiger partial charge in [-0.3, -0.25) is 4.79 Å². The minimum Gasteiger partial charge on any atom is -0.494 e. The third-order valence-corrected chi connectivity index (χ3v) is 7.51. The fourth-order valence-corrected chi connectivity index (χ4v) is 5.08. The first-order valence-electron chi connectivity index (χ1n) is 14.5. The fraction of sp³-hybridized carbons (Fsp3) is 0.467. The Morgan fingerprint density at radius 1 is 1.02 bits per heavy atom. The summed E-state index contributed by atoms with van der Waals surface area (Å²) in [5.41, 5.74) is -0.335. The molecule has 3 aromatic rings. The number of carbonyl (C=O) groups is 2. The van der Waals surface area contributed by atoms with E-state index in [9.17, 15) is 45.1 Å². The number of likely N-dealkylation sites (tertiary alicyclic amines) is 1. The van der Waals surface area contributed by atoms with Crippen LogP contribution in [-0.4, -0.2) is 76.3 Å². The van der Waals surface area contributed by atoms with Gasteiger partial charge in [-0.25, -0.2) is 18.5 Å². The number of halogens is 7. The van der Waals surface area contributed by atoms with Gasteiger partial charge in [0.15, 0.2) is 17.4 Å².